The van der Waals surface area contributed by atoms with Crippen LogP contribution >= 0.6 is 11.6 Å². The van der Waals surface area contributed by atoms with E-state index in [-0.39, 0.29) is 5.91 Å². The molecule has 0 atom stereocenters. The van der Waals surface area contributed by atoms with Crippen molar-refractivity contribution in [2.75, 3.05) is 5.32 Å². The lowest BCUT2D eigenvalue weighted by molar-refractivity contribution is 0.102. The molecule has 0 spiro atoms. The number of carbonyl (C=O) groups excluding carboxylic acids is 1. The van der Waals surface area contributed by atoms with Crippen molar-refractivity contribution in [2.45, 2.75) is 19.9 Å². The molecule has 0 radical (unpaired) electrons. The first-order valence-electron chi connectivity index (χ1n) is 5.65. The fraction of sp³-hybridized carbons (Fsp3) is 0.250. The highest BCUT2D eigenvalue weighted by molar-refractivity contribution is 6.29. The molecule has 0 saturated heterocycles. The number of aromatic nitrogens is 3. The van der Waals surface area contributed by atoms with E-state index in [0.29, 0.717) is 16.5 Å². The summed E-state index contributed by atoms with van der Waals surface area (Å²) in [5.41, 5.74) is 0.472. The standard InChI is InChI=1S/C12H13ClN4O/c1-2-7-17-11(4-6-15-17)16-12(18)9-3-5-14-10(13)8-9/h3-6,8H,2,7H2,1H3,(H,16,18). The second-order valence-corrected chi connectivity index (χ2v) is 4.15. The molecule has 2 aromatic rings. The van der Waals surface area contributed by atoms with Crippen molar-refractivity contribution < 1.29 is 4.79 Å². The second kappa shape index (κ2) is 5.64. The van der Waals surface area contributed by atoms with Crippen molar-refractivity contribution in [3.05, 3.63) is 41.3 Å². The molecule has 0 unspecified atom stereocenters. The Hall–Kier alpha value is -1.88. The van der Waals surface area contributed by atoms with Crippen LogP contribution in [-0.4, -0.2) is 20.7 Å². The Morgan fingerprint density at radius 3 is 3.00 bits per heavy atom. The lowest BCUT2D eigenvalue weighted by atomic mass is 10.2. The van der Waals surface area contributed by atoms with E-state index in [1.54, 1.807) is 23.0 Å². The molecular weight excluding hydrogens is 252 g/mol. The van der Waals surface area contributed by atoms with Crippen LogP contribution in [0.2, 0.25) is 5.15 Å². The highest BCUT2D eigenvalue weighted by Crippen LogP contribution is 2.11. The quantitative estimate of drug-likeness (QED) is 0.864. The Morgan fingerprint density at radius 2 is 2.28 bits per heavy atom. The summed E-state index contributed by atoms with van der Waals surface area (Å²) in [6.45, 7) is 2.82. The Bertz CT molecular complexity index is 553. The van der Waals surface area contributed by atoms with E-state index in [1.165, 1.54) is 12.3 Å². The summed E-state index contributed by atoms with van der Waals surface area (Å²) in [4.78, 5) is 15.8. The van der Waals surface area contributed by atoms with Crippen LogP contribution in [0, 0.1) is 0 Å². The van der Waals surface area contributed by atoms with Gasteiger partial charge in [-0.05, 0) is 18.6 Å². The Morgan fingerprint density at radius 1 is 1.44 bits per heavy atom. The van der Waals surface area contributed by atoms with Crippen molar-refractivity contribution in [3.8, 4) is 0 Å². The predicted molar refractivity (Wildman–Crippen MR) is 69.7 cm³/mol. The summed E-state index contributed by atoms with van der Waals surface area (Å²) in [6, 6.07) is 4.90. The van der Waals surface area contributed by atoms with Crippen molar-refractivity contribution in [2.24, 2.45) is 0 Å². The maximum atomic E-state index is 12.0. The smallest absolute Gasteiger partial charge is 0.256 e. The zero-order valence-corrected chi connectivity index (χ0v) is 10.7. The molecule has 2 heterocycles. The minimum absolute atomic E-state index is 0.225. The van der Waals surface area contributed by atoms with Gasteiger partial charge in [-0.3, -0.25) is 4.79 Å². The van der Waals surface area contributed by atoms with Crippen LogP contribution < -0.4 is 5.32 Å². The van der Waals surface area contributed by atoms with Crippen LogP contribution in [0.15, 0.2) is 30.6 Å². The van der Waals surface area contributed by atoms with Gasteiger partial charge in [-0.15, -0.1) is 0 Å². The molecule has 0 fully saturated rings. The van der Waals surface area contributed by atoms with Crippen molar-refractivity contribution >= 4 is 23.3 Å². The zero-order chi connectivity index (χ0) is 13.0. The lowest BCUT2D eigenvalue weighted by Gasteiger charge is -2.07. The summed E-state index contributed by atoms with van der Waals surface area (Å²) in [7, 11) is 0. The van der Waals surface area contributed by atoms with Gasteiger partial charge in [0.1, 0.15) is 11.0 Å². The van der Waals surface area contributed by atoms with E-state index >= 15 is 0 Å². The number of pyridine rings is 1. The minimum atomic E-state index is -0.225. The highest BCUT2D eigenvalue weighted by Gasteiger charge is 2.09. The maximum Gasteiger partial charge on any atom is 0.256 e. The summed E-state index contributed by atoms with van der Waals surface area (Å²) in [6.07, 6.45) is 4.11. The monoisotopic (exact) mass is 264 g/mol. The fourth-order valence-corrected chi connectivity index (χ4v) is 1.73. The third kappa shape index (κ3) is 2.87. The Balaban J connectivity index is 2.14. The third-order valence-corrected chi connectivity index (χ3v) is 2.59. The third-order valence-electron chi connectivity index (χ3n) is 2.38. The number of aryl methyl sites for hydroxylation is 1. The normalized spacial score (nSPS) is 10.3. The van der Waals surface area contributed by atoms with E-state index in [9.17, 15) is 4.79 Å². The van der Waals surface area contributed by atoms with Gasteiger partial charge in [-0.1, -0.05) is 18.5 Å². The van der Waals surface area contributed by atoms with Crippen LogP contribution in [0.1, 0.15) is 23.7 Å². The number of nitrogens with one attached hydrogen (secondary N) is 1. The molecule has 0 aliphatic carbocycles. The average molecular weight is 265 g/mol. The van der Waals surface area contributed by atoms with Gasteiger partial charge < -0.3 is 5.32 Å². The average Bonchev–Trinajstić information content (AvgIpc) is 2.77. The van der Waals surface area contributed by atoms with Crippen LogP contribution in [0.4, 0.5) is 5.82 Å². The number of amides is 1. The molecule has 2 rings (SSSR count). The molecule has 0 aliphatic rings. The molecule has 18 heavy (non-hydrogen) atoms. The van der Waals surface area contributed by atoms with Gasteiger partial charge in [0.2, 0.25) is 0 Å². The Kier molecular flexibility index (Phi) is 3.94. The number of nitrogens with zero attached hydrogens (tertiary/aromatic N) is 3. The first-order valence-corrected chi connectivity index (χ1v) is 6.03. The van der Waals surface area contributed by atoms with Crippen molar-refractivity contribution in [1.29, 1.82) is 0 Å². The molecule has 0 aliphatic heterocycles. The van der Waals surface area contributed by atoms with Gasteiger partial charge in [0.15, 0.2) is 0 Å². The summed E-state index contributed by atoms with van der Waals surface area (Å²) in [5, 5.41) is 7.22. The molecule has 0 saturated carbocycles. The number of rotatable bonds is 4. The van der Waals surface area contributed by atoms with Gasteiger partial charge in [-0.2, -0.15) is 5.10 Å². The molecule has 2 aromatic heterocycles. The van der Waals surface area contributed by atoms with Gasteiger partial charge in [0.05, 0.1) is 6.20 Å². The predicted octanol–water partition coefficient (Wildman–Crippen LogP) is 2.59. The van der Waals surface area contributed by atoms with E-state index in [2.05, 4.69) is 22.3 Å². The van der Waals surface area contributed by atoms with Crippen molar-refractivity contribution in [1.82, 2.24) is 14.8 Å². The molecule has 0 bridgehead atoms. The molecular formula is C12H13ClN4O. The Labute approximate surface area is 110 Å². The largest absolute Gasteiger partial charge is 0.307 e. The van der Waals surface area contributed by atoms with Gasteiger partial charge in [-0.25, -0.2) is 9.67 Å². The lowest BCUT2D eigenvalue weighted by Crippen LogP contribution is -2.15. The number of halogens is 1. The highest BCUT2D eigenvalue weighted by atomic mass is 35.5. The first kappa shape index (κ1) is 12.6. The SMILES string of the molecule is CCCn1nccc1NC(=O)c1ccnc(Cl)c1. The zero-order valence-electron chi connectivity index (χ0n) is 9.93. The van der Waals surface area contributed by atoms with E-state index in [1.807, 2.05) is 0 Å². The molecule has 1 amide bonds. The topological polar surface area (TPSA) is 59.8 Å². The number of anilines is 1. The van der Waals surface area contributed by atoms with Crippen molar-refractivity contribution in [3.63, 3.8) is 0 Å². The fourth-order valence-electron chi connectivity index (χ4n) is 1.56. The summed E-state index contributed by atoms with van der Waals surface area (Å²) < 4.78 is 1.75. The summed E-state index contributed by atoms with van der Waals surface area (Å²) >= 11 is 5.74. The van der Waals surface area contributed by atoms with E-state index in [4.69, 9.17) is 11.6 Å². The number of hydrogen-bond donors (Lipinski definition) is 1. The molecule has 0 aromatic carbocycles. The number of carbonyl (C=O) groups is 1. The van der Waals surface area contributed by atoms with Crippen LogP contribution in [0.25, 0.3) is 0 Å². The van der Waals surface area contributed by atoms with E-state index < -0.39 is 0 Å². The molecule has 6 heteroatoms. The van der Waals surface area contributed by atoms with Crippen LogP contribution in [-0.2, 0) is 6.54 Å². The molecule has 5 nitrogen and oxygen atoms in total. The van der Waals surface area contributed by atoms with Crippen LogP contribution in [0.5, 0.6) is 0 Å². The molecule has 1 N–H and O–H groups in total. The summed E-state index contributed by atoms with van der Waals surface area (Å²) in [5.74, 6) is 0.451. The maximum absolute atomic E-state index is 12.0. The van der Waals surface area contributed by atoms with Gasteiger partial charge >= 0.3 is 0 Å². The minimum Gasteiger partial charge on any atom is -0.307 e. The van der Waals surface area contributed by atoms with E-state index in [0.717, 1.165) is 13.0 Å². The number of hydrogen-bond acceptors (Lipinski definition) is 3. The molecule has 94 valence electrons. The van der Waals surface area contributed by atoms with Gasteiger partial charge in [0.25, 0.3) is 5.91 Å². The second-order valence-electron chi connectivity index (χ2n) is 3.76. The van der Waals surface area contributed by atoms with Crippen LogP contribution in [0.3, 0.4) is 0 Å². The first-order chi connectivity index (χ1) is 8.70. The van der Waals surface area contributed by atoms with Gasteiger partial charge in [0, 0.05) is 24.4 Å².